The van der Waals surface area contributed by atoms with Gasteiger partial charge in [0, 0.05) is 56.3 Å². The SMILES string of the molecule is C[C@H]1CCCN(Cc2cc(C(F)(F)F)c3cn(C4CC(C#N)CC([C@@H](c5nncn5C)C5COC5)C4)c(=O)n3c2)C1. The third kappa shape index (κ3) is 5.42. The Kier molecular flexibility index (Phi) is 7.44. The van der Waals surface area contributed by atoms with Crippen LogP contribution in [0.2, 0.25) is 0 Å². The van der Waals surface area contributed by atoms with E-state index in [4.69, 9.17) is 4.74 Å². The van der Waals surface area contributed by atoms with Crippen molar-refractivity contribution in [2.75, 3.05) is 26.3 Å². The molecule has 3 fully saturated rings. The Hall–Kier alpha value is -3.17. The third-order valence-electron chi connectivity index (χ3n) is 9.32. The van der Waals surface area contributed by atoms with Crippen molar-refractivity contribution < 1.29 is 17.9 Å². The fourth-order valence-electron chi connectivity index (χ4n) is 7.35. The summed E-state index contributed by atoms with van der Waals surface area (Å²) in [5.74, 6) is 1.16. The lowest BCUT2D eigenvalue weighted by molar-refractivity contribution is -0.136. The number of aryl methyl sites for hydroxylation is 1. The molecule has 0 N–H and O–H groups in total. The molecule has 3 aromatic heterocycles. The lowest BCUT2D eigenvalue weighted by Gasteiger charge is -2.42. The zero-order valence-electron chi connectivity index (χ0n) is 23.4. The molecule has 0 amide bonds. The second-order valence-electron chi connectivity index (χ2n) is 12.4. The lowest BCUT2D eigenvalue weighted by Crippen LogP contribution is -2.41. The van der Waals surface area contributed by atoms with Crippen molar-refractivity contribution in [3.63, 3.8) is 0 Å². The predicted octanol–water partition coefficient (Wildman–Crippen LogP) is 4.39. The summed E-state index contributed by atoms with van der Waals surface area (Å²) in [6.07, 6.45) is 3.69. The molecule has 41 heavy (non-hydrogen) atoms. The quantitative estimate of drug-likeness (QED) is 0.436. The first-order valence-corrected chi connectivity index (χ1v) is 14.5. The smallest absolute Gasteiger partial charge is 0.381 e. The number of fused-ring (bicyclic) bond motifs is 1. The van der Waals surface area contributed by atoms with Crippen LogP contribution in [0.15, 0.2) is 29.6 Å². The maximum absolute atomic E-state index is 14.3. The van der Waals surface area contributed by atoms with Crippen LogP contribution in [0.1, 0.15) is 67.9 Å². The first-order valence-electron chi connectivity index (χ1n) is 14.5. The van der Waals surface area contributed by atoms with Gasteiger partial charge in [-0.2, -0.15) is 18.4 Å². The maximum atomic E-state index is 14.3. The fourth-order valence-corrected chi connectivity index (χ4v) is 7.35. The minimum Gasteiger partial charge on any atom is -0.381 e. The van der Waals surface area contributed by atoms with E-state index in [-0.39, 0.29) is 29.2 Å². The van der Waals surface area contributed by atoms with Crippen LogP contribution >= 0.6 is 0 Å². The fraction of sp³-hybridized carbons (Fsp3) is 0.655. The summed E-state index contributed by atoms with van der Waals surface area (Å²) >= 11 is 0. The number of likely N-dealkylation sites (tertiary alicyclic amines) is 1. The Bertz CT molecular complexity index is 1500. The first-order chi connectivity index (χ1) is 19.6. The zero-order chi connectivity index (χ0) is 28.9. The van der Waals surface area contributed by atoms with E-state index in [1.165, 1.54) is 16.8 Å². The highest BCUT2D eigenvalue weighted by atomic mass is 19.4. The van der Waals surface area contributed by atoms with Crippen molar-refractivity contribution in [1.82, 2.24) is 28.6 Å². The molecule has 220 valence electrons. The van der Waals surface area contributed by atoms with Gasteiger partial charge in [-0.3, -0.25) is 13.9 Å². The molecule has 3 aliphatic rings. The van der Waals surface area contributed by atoms with Crippen molar-refractivity contribution in [2.24, 2.45) is 30.7 Å². The van der Waals surface area contributed by atoms with Crippen LogP contribution in [0.3, 0.4) is 0 Å². The van der Waals surface area contributed by atoms with E-state index >= 15 is 0 Å². The topological polar surface area (TPSA) is 93.4 Å². The Labute approximate surface area is 236 Å². The van der Waals surface area contributed by atoms with Crippen molar-refractivity contribution >= 4 is 5.52 Å². The molecule has 1 saturated carbocycles. The predicted molar refractivity (Wildman–Crippen MR) is 144 cm³/mol. The number of alkyl halides is 3. The van der Waals surface area contributed by atoms with E-state index in [1.54, 1.807) is 12.5 Å². The normalized spacial score (nSPS) is 27.0. The van der Waals surface area contributed by atoms with Crippen LogP contribution in [0.4, 0.5) is 13.2 Å². The van der Waals surface area contributed by atoms with E-state index in [1.807, 2.05) is 11.6 Å². The van der Waals surface area contributed by atoms with Crippen LogP contribution in [0, 0.1) is 35.0 Å². The molecular weight excluding hydrogens is 535 g/mol. The van der Waals surface area contributed by atoms with Crippen LogP contribution in [-0.2, 0) is 24.5 Å². The number of hydrogen-bond acceptors (Lipinski definition) is 6. The maximum Gasteiger partial charge on any atom is 0.418 e. The molecule has 3 aromatic rings. The average molecular weight is 572 g/mol. The molecule has 2 saturated heterocycles. The second-order valence-corrected chi connectivity index (χ2v) is 12.4. The number of imidazole rings is 1. The highest BCUT2D eigenvalue weighted by molar-refractivity contribution is 5.56. The van der Waals surface area contributed by atoms with Gasteiger partial charge in [0.25, 0.3) is 0 Å². The number of nitriles is 1. The molecule has 0 radical (unpaired) electrons. The van der Waals surface area contributed by atoms with Gasteiger partial charge >= 0.3 is 11.9 Å². The highest BCUT2D eigenvalue weighted by Gasteiger charge is 2.43. The van der Waals surface area contributed by atoms with Gasteiger partial charge in [-0.15, -0.1) is 10.2 Å². The largest absolute Gasteiger partial charge is 0.418 e. The summed E-state index contributed by atoms with van der Waals surface area (Å²) in [7, 11) is 1.88. The molecule has 1 aliphatic carbocycles. The Balaban J connectivity index is 1.37. The van der Waals surface area contributed by atoms with Gasteiger partial charge in [0.05, 0.1) is 30.4 Å². The molecule has 0 aromatic carbocycles. The summed E-state index contributed by atoms with van der Waals surface area (Å²) in [5.41, 5.74) is -0.971. The van der Waals surface area contributed by atoms with Crippen molar-refractivity contribution in [3.8, 4) is 6.07 Å². The van der Waals surface area contributed by atoms with Crippen molar-refractivity contribution in [3.05, 3.63) is 52.2 Å². The van der Waals surface area contributed by atoms with Gasteiger partial charge in [-0.1, -0.05) is 6.92 Å². The number of halogens is 3. The Morgan fingerprint density at radius 1 is 1.20 bits per heavy atom. The van der Waals surface area contributed by atoms with Gasteiger partial charge in [0.2, 0.25) is 0 Å². The first kappa shape index (κ1) is 28.0. The van der Waals surface area contributed by atoms with E-state index in [0.29, 0.717) is 50.5 Å². The summed E-state index contributed by atoms with van der Waals surface area (Å²) in [6.45, 7) is 5.34. The molecule has 2 aliphatic heterocycles. The Morgan fingerprint density at radius 2 is 2.00 bits per heavy atom. The molecule has 5 heterocycles. The number of rotatable bonds is 6. The third-order valence-corrected chi connectivity index (χ3v) is 9.32. The van der Waals surface area contributed by atoms with Crippen LogP contribution in [-0.4, -0.2) is 54.9 Å². The molecule has 5 atom stereocenters. The van der Waals surface area contributed by atoms with E-state index < -0.39 is 23.5 Å². The van der Waals surface area contributed by atoms with Gasteiger partial charge in [0.15, 0.2) is 0 Å². The molecule has 0 spiro atoms. The number of nitrogens with zero attached hydrogens (tertiary/aromatic N) is 7. The van der Waals surface area contributed by atoms with Crippen LogP contribution < -0.4 is 5.69 Å². The van der Waals surface area contributed by atoms with Gasteiger partial charge in [-0.05, 0) is 62.1 Å². The number of hydrogen-bond donors (Lipinski definition) is 0. The Morgan fingerprint density at radius 3 is 2.63 bits per heavy atom. The molecular formula is C29H36F3N7O2. The zero-order valence-corrected chi connectivity index (χ0v) is 23.4. The second kappa shape index (κ2) is 10.9. The van der Waals surface area contributed by atoms with E-state index in [0.717, 1.165) is 36.2 Å². The molecule has 9 nitrogen and oxygen atoms in total. The average Bonchev–Trinajstić information content (AvgIpc) is 3.47. The van der Waals surface area contributed by atoms with Gasteiger partial charge < -0.3 is 9.30 Å². The number of piperidine rings is 1. The standard InChI is InChI=1S/C29H36F3N7O2/c1-18-4-3-5-37(11-18)12-20-8-24(29(30,31)32)25-14-38(28(40)39(25)13-20)23-7-19(10-33)6-21(9-23)26(22-15-41-16-22)27-35-34-17-36(27)2/h8,13-14,17-19,21-23,26H,3-7,9,11-12,15-16H2,1-2H3/t18-,19?,21?,23?,26+/m0/s1. The van der Waals surface area contributed by atoms with Crippen molar-refractivity contribution in [1.29, 1.82) is 5.26 Å². The number of pyridine rings is 1. The number of aromatic nitrogens is 5. The highest BCUT2D eigenvalue weighted by Crippen LogP contribution is 2.47. The van der Waals surface area contributed by atoms with Crippen LogP contribution in [0.5, 0.6) is 0 Å². The summed E-state index contributed by atoms with van der Waals surface area (Å²) in [6, 6.07) is 3.18. The minimum absolute atomic E-state index is 0.00357. The summed E-state index contributed by atoms with van der Waals surface area (Å²) in [5, 5.41) is 18.4. The minimum atomic E-state index is -4.61. The molecule has 0 bridgehead atoms. The molecule has 12 heteroatoms. The monoisotopic (exact) mass is 571 g/mol. The van der Waals surface area contributed by atoms with Gasteiger partial charge in [-0.25, -0.2) is 4.79 Å². The van der Waals surface area contributed by atoms with E-state index in [2.05, 4.69) is 28.1 Å². The van der Waals surface area contributed by atoms with Gasteiger partial charge in [0.1, 0.15) is 12.2 Å². The van der Waals surface area contributed by atoms with E-state index in [9.17, 15) is 23.2 Å². The molecule has 3 unspecified atom stereocenters. The number of ether oxygens (including phenoxy) is 1. The van der Waals surface area contributed by atoms with Crippen molar-refractivity contribution in [2.45, 2.75) is 63.7 Å². The molecule has 6 rings (SSSR count). The summed E-state index contributed by atoms with van der Waals surface area (Å²) < 4.78 is 53.0. The lowest BCUT2D eigenvalue weighted by atomic mass is 9.68. The summed E-state index contributed by atoms with van der Waals surface area (Å²) in [4.78, 5) is 15.9. The van der Waals surface area contributed by atoms with Crippen LogP contribution in [0.25, 0.3) is 5.52 Å².